The average Bonchev–Trinajstić information content (AvgIpc) is 2.67. The topological polar surface area (TPSA) is 66.9 Å². The summed E-state index contributed by atoms with van der Waals surface area (Å²) in [6, 6.07) is 12.3. The van der Waals surface area contributed by atoms with Crippen molar-refractivity contribution in [1.29, 1.82) is 0 Å². The molecule has 0 saturated heterocycles. The van der Waals surface area contributed by atoms with Crippen LogP contribution >= 0.6 is 0 Å². The van der Waals surface area contributed by atoms with Gasteiger partial charge in [0, 0.05) is 31.0 Å². The molecule has 2 N–H and O–H groups in total. The van der Waals surface area contributed by atoms with Crippen molar-refractivity contribution < 1.29 is 13.6 Å². The maximum atomic E-state index is 13.5. The van der Waals surface area contributed by atoms with Crippen LogP contribution in [0.2, 0.25) is 0 Å². The number of carbonyl (C=O) groups is 1. The van der Waals surface area contributed by atoms with Gasteiger partial charge in [-0.05, 0) is 23.8 Å². The highest BCUT2D eigenvalue weighted by atomic mass is 19.1. The third-order valence-electron chi connectivity index (χ3n) is 3.68. The molecule has 0 aliphatic carbocycles. The molecule has 1 aromatic heterocycles. The molecule has 0 fully saturated rings. The number of hydrogen-bond acceptors (Lipinski definition) is 4. The van der Waals surface area contributed by atoms with Crippen molar-refractivity contribution in [3.8, 4) is 0 Å². The Labute approximate surface area is 149 Å². The van der Waals surface area contributed by atoms with Gasteiger partial charge in [0.05, 0.1) is 5.56 Å². The molecule has 2 aromatic carbocycles. The van der Waals surface area contributed by atoms with Crippen molar-refractivity contribution in [2.75, 3.05) is 5.32 Å². The van der Waals surface area contributed by atoms with E-state index in [1.165, 1.54) is 30.6 Å². The standard InChI is InChI=1S/C19H16F2N4O/c20-16-7-5-13(6-8-16)9-23-19-24-11-15(12-25-19)18(26)22-10-14-3-1-2-4-17(14)21/h1-8,11-12H,9-10H2,(H,22,26)(H,23,24,25). The van der Waals surface area contributed by atoms with Gasteiger partial charge in [0.15, 0.2) is 0 Å². The van der Waals surface area contributed by atoms with Crippen LogP contribution in [0.25, 0.3) is 0 Å². The highest BCUT2D eigenvalue weighted by molar-refractivity contribution is 5.93. The summed E-state index contributed by atoms with van der Waals surface area (Å²) < 4.78 is 26.4. The number of benzene rings is 2. The largest absolute Gasteiger partial charge is 0.350 e. The summed E-state index contributed by atoms with van der Waals surface area (Å²) in [4.78, 5) is 20.2. The number of aromatic nitrogens is 2. The first-order valence-corrected chi connectivity index (χ1v) is 7.94. The molecule has 3 rings (SSSR count). The number of halogens is 2. The highest BCUT2D eigenvalue weighted by Gasteiger charge is 2.08. The van der Waals surface area contributed by atoms with Crippen molar-refractivity contribution in [1.82, 2.24) is 15.3 Å². The first-order valence-electron chi connectivity index (χ1n) is 7.94. The number of amides is 1. The monoisotopic (exact) mass is 354 g/mol. The van der Waals surface area contributed by atoms with Gasteiger partial charge < -0.3 is 10.6 Å². The molecule has 0 spiro atoms. The van der Waals surface area contributed by atoms with Crippen LogP contribution in [-0.2, 0) is 13.1 Å². The normalized spacial score (nSPS) is 10.4. The van der Waals surface area contributed by atoms with E-state index < -0.39 is 5.91 Å². The molecule has 0 bridgehead atoms. The lowest BCUT2D eigenvalue weighted by molar-refractivity contribution is 0.0950. The fraction of sp³-hybridized carbons (Fsp3) is 0.105. The molecule has 26 heavy (non-hydrogen) atoms. The fourth-order valence-electron chi connectivity index (χ4n) is 2.24. The Morgan fingerprint density at radius 3 is 2.31 bits per heavy atom. The number of nitrogens with one attached hydrogen (secondary N) is 2. The van der Waals surface area contributed by atoms with E-state index in [2.05, 4.69) is 20.6 Å². The van der Waals surface area contributed by atoms with Crippen molar-refractivity contribution in [3.63, 3.8) is 0 Å². The highest BCUT2D eigenvalue weighted by Crippen LogP contribution is 2.08. The van der Waals surface area contributed by atoms with Crippen LogP contribution < -0.4 is 10.6 Å². The van der Waals surface area contributed by atoms with Gasteiger partial charge in [-0.3, -0.25) is 4.79 Å². The molecule has 1 heterocycles. The second kappa shape index (κ2) is 8.15. The summed E-state index contributed by atoms with van der Waals surface area (Å²) in [6.45, 7) is 0.509. The maximum Gasteiger partial charge on any atom is 0.254 e. The van der Waals surface area contributed by atoms with Crippen LogP contribution in [0.4, 0.5) is 14.7 Å². The Morgan fingerprint density at radius 2 is 1.62 bits per heavy atom. The molecular weight excluding hydrogens is 338 g/mol. The van der Waals surface area contributed by atoms with Crippen LogP contribution in [0.5, 0.6) is 0 Å². The molecule has 7 heteroatoms. The summed E-state index contributed by atoms with van der Waals surface area (Å²) in [5, 5.41) is 5.61. The minimum atomic E-state index is -0.390. The number of hydrogen-bond donors (Lipinski definition) is 2. The van der Waals surface area contributed by atoms with Crippen LogP contribution in [0, 0.1) is 11.6 Å². The first kappa shape index (κ1) is 17.5. The Kier molecular flexibility index (Phi) is 5.48. The van der Waals surface area contributed by atoms with Gasteiger partial charge in [0.2, 0.25) is 5.95 Å². The zero-order valence-electron chi connectivity index (χ0n) is 13.7. The van der Waals surface area contributed by atoms with Gasteiger partial charge in [0.25, 0.3) is 5.91 Å². The zero-order chi connectivity index (χ0) is 18.4. The number of anilines is 1. The maximum absolute atomic E-state index is 13.5. The van der Waals surface area contributed by atoms with Gasteiger partial charge in [0.1, 0.15) is 11.6 Å². The van der Waals surface area contributed by atoms with Gasteiger partial charge >= 0.3 is 0 Å². The summed E-state index contributed by atoms with van der Waals surface area (Å²) in [6.07, 6.45) is 2.77. The lowest BCUT2D eigenvalue weighted by atomic mass is 10.2. The average molecular weight is 354 g/mol. The Morgan fingerprint density at radius 1 is 0.923 bits per heavy atom. The van der Waals surface area contributed by atoms with E-state index in [1.54, 1.807) is 30.3 Å². The van der Waals surface area contributed by atoms with E-state index in [1.807, 2.05) is 0 Å². The van der Waals surface area contributed by atoms with E-state index in [4.69, 9.17) is 0 Å². The zero-order valence-corrected chi connectivity index (χ0v) is 13.7. The Balaban J connectivity index is 1.54. The molecule has 0 aliphatic heterocycles. The van der Waals surface area contributed by atoms with Crippen LogP contribution in [0.15, 0.2) is 60.9 Å². The van der Waals surface area contributed by atoms with Crippen LogP contribution in [0.1, 0.15) is 21.5 Å². The fourth-order valence-corrected chi connectivity index (χ4v) is 2.24. The third-order valence-corrected chi connectivity index (χ3v) is 3.68. The molecule has 0 aliphatic rings. The van der Waals surface area contributed by atoms with Crippen molar-refractivity contribution in [2.24, 2.45) is 0 Å². The number of carbonyl (C=O) groups excluding carboxylic acids is 1. The van der Waals surface area contributed by atoms with Crippen LogP contribution in [0.3, 0.4) is 0 Å². The predicted octanol–water partition coefficient (Wildman–Crippen LogP) is 3.30. The van der Waals surface area contributed by atoms with Gasteiger partial charge in [-0.15, -0.1) is 0 Å². The smallest absolute Gasteiger partial charge is 0.254 e. The molecule has 132 valence electrons. The second-order valence-electron chi connectivity index (χ2n) is 5.55. The molecular formula is C19H16F2N4O. The molecule has 3 aromatic rings. The van der Waals surface area contributed by atoms with Crippen LogP contribution in [-0.4, -0.2) is 15.9 Å². The van der Waals surface area contributed by atoms with Crippen molar-refractivity contribution in [2.45, 2.75) is 13.1 Å². The van der Waals surface area contributed by atoms with Crippen molar-refractivity contribution in [3.05, 3.63) is 89.2 Å². The third kappa shape index (κ3) is 4.60. The number of nitrogens with zero attached hydrogens (tertiary/aromatic N) is 2. The quantitative estimate of drug-likeness (QED) is 0.713. The van der Waals surface area contributed by atoms with Gasteiger partial charge in [-0.2, -0.15) is 0 Å². The number of rotatable bonds is 6. The first-order chi connectivity index (χ1) is 12.6. The lowest BCUT2D eigenvalue weighted by Gasteiger charge is -2.07. The Bertz CT molecular complexity index is 883. The summed E-state index contributed by atoms with van der Waals surface area (Å²) in [5.41, 5.74) is 1.55. The molecule has 0 unspecified atom stereocenters. The van der Waals surface area contributed by atoms with E-state index in [0.29, 0.717) is 18.1 Å². The second-order valence-corrected chi connectivity index (χ2v) is 5.55. The molecule has 0 radical (unpaired) electrons. The summed E-state index contributed by atoms with van der Waals surface area (Å²) >= 11 is 0. The minimum absolute atomic E-state index is 0.0794. The molecule has 0 atom stereocenters. The van der Waals surface area contributed by atoms with Crippen molar-refractivity contribution >= 4 is 11.9 Å². The van der Waals surface area contributed by atoms with E-state index >= 15 is 0 Å². The van der Waals surface area contributed by atoms with E-state index in [-0.39, 0.29) is 23.7 Å². The Hall–Kier alpha value is -3.35. The summed E-state index contributed by atoms with van der Waals surface area (Å²) in [5.74, 6) is -0.710. The van der Waals surface area contributed by atoms with E-state index in [0.717, 1.165) is 5.56 Å². The summed E-state index contributed by atoms with van der Waals surface area (Å²) in [7, 11) is 0. The minimum Gasteiger partial charge on any atom is -0.350 e. The SMILES string of the molecule is O=C(NCc1ccccc1F)c1cnc(NCc2ccc(F)cc2)nc1. The molecule has 5 nitrogen and oxygen atoms in total. The van der Waals surface area contributed by atoms with E-state index in [9.17, 15) is 13.6 Å². The molecule has 1 amide bonds. The van der Waals surface area contributed by atoms with Gasteiger partial charge in [-0.25, -0.2) is 18.7 Å². The lowest BCUT2D eigenvalue weighted by Crippen LogP contribution is -2.23. The van der Waals surface area contributed by atoms with Gasteiger partial charge in [-0.1, -0.05) is 30.3 Å². The molecule has 0 saturated carbocycles. The predicted molar refractivity (Wildman–Crippen MR) is 93.3 cm³/mol.